The van der Waals surface area contributed by atoms with Crippen LogP contribution in [0.3, 0.4) is 0 Å². The highest BCUT2D eigenvalue weighted by Gasteiger charge is 2.14. The maximum absolute atomic E-state index is 11.7. The van der Waals surface area contributed by atoms with Crippen molar-refractivity contribution in [2.45, 2.75) is 31.2 Å². The van der Waals surface area contributed by atoms with E-state index in [1.54, 1.807) is 19.1 Å². The molecular weight excluding hydrogens is 252 g/mol. The molecular formula is C12H20N2O3S. The maximum Gasteiger partial charge on any atom is 0.240 e. The average molecular weight is 272 g/mol. The van der Waals surface area contributed by atoms with E-state index in [9.17, 15) is 8.42 Å². The summed E-state index contributed by atoms with van der Waals surface area (Å²) >= 11 is 0. The van der Waals surface area contributed by atoms with Crippen LogP contribution in [0.15, 0.2) is 29.2 Å². The first-order valence-corrected chi connectivity index (χ1v) is 7.24. The zero-order valence-electron chi connectivity index (χ0n) is 10.9. The van der Waals surface area contributed by atoms with Gasteiger partial charge in [0.15, 0.2) is 0 Å². The van der Waals surface area contributed by atoms with Crippen LogP contribution in [0.5, 0.6) is 5.75 Å². The second-order valence-corrected chi connectivity index (χ2v) is 6.52. The van der Waals surface area contributed by atoms with Gasteiger partial charge in [-0.15, -0.1) is 0 Å². The highest BCUT2D eigenvalue weighted by molar-refractivity contribution is 7.89. The van der Waals surface area contributed by atoms with E-state index in [-0.39, 0.29) is 4.90 Å². The molecule has 0 aliphatic heterocycles. The van der Waals surface area contributed by atoms with Gasteiger partial charge in [0.05, 0.1) is 4.90 Å². The van der Waals surface area contributed by atoms with Gasteiger partial charge < -0.3 is 10.5 Å². The zero-order valence-corrected chi connectivity index (χ0v) is 11.8. The fourth-order valence-electron chi connectivity index (χ4n) is 1.26. The van der Waals surface area contributed by atoms with Crippen LogP contribution < -0.4 is 15.2 Å². The lowest BCUT2D eigenvalue weighted by molar-refractivity contribution is 0.243. The minimum absolute atomic E-state index is 0.226. The molecule has 3 N–H and O–H groups in total. The molecule has 0 fully saturated rings. The molecule has 1 aromatic rings. The molecule has 0 atom stereocenters. The van der Waals surface area contributed by atoms with E-state index in [1.807, 2.05) is 13.8 Å². The Morgan fingerprint density at radius 3 is 2.28 bits per heavy atom. The van der Waals surface area contributed by atoms with Crippen LogP contribution in [0.4, 0.5) is 0 Å². The third-order valence-corrected chi connectivity index (χ3v) is 3.64. The number of rotatable bonds is 6. The standard InChI is InChI=1S/C12H20N2O3S/c1-4-14-18(15,16)11-7-5-10(6-8-11)17-9-12(2,3)13/h5-8,14H,4,9,13H2,1-3H3. The quantitative estimate of drug-likeness (QED) is 0.812. The number of nitrogens with two attached hydrogens (primary N) is 1. The second-order valence-electron chi connectivity index (χ2n) is 4.75. The molecule has 1 rings (SSSR count). The Bertz CT molecular complexity index is 475. The summed E-state index contributed by atoms with van der Waals surface area (Å²) in [4.78, 5) is 0.226. The molecule has 0 saturated carbocycles. The second kappa shape index (κ2) is 5.69. The summed E-state index contributed by atoms with van der Waals surface area (Å²) in [7, 11) is -3.40. The smallest absolute Gasteiger partial charge is 0.240 e. The van der Waals surface area contributed by atoms with Gasteiger partial charge in [-0.05, 0) is 38.1 Å². The summed E-state index contributed by atoms with van der Waals surface area (Å²) in [5.74, 6) is 0.601. The highest BCUT2D eigenvalue weighted by atomic mass is 32.2. The molecule has 5 nitrogen and oxygen atoms in total. The minimum Gasteiger partial charge on any atom is -0.492 e. The van der Waals surface area contributed by atoms with Crippen LogP contribution in [0, 0.1) is 0 Å². The van der Waals surface area contributed by atoms with Crippen LogP contribution in [0.25, 0.3) is 0 Å². The van der Waals surface area contributed by atoms with Crippen molar-refractivity contribution < 1.29 is 13.2 Å². The van der Waals surface area contributed by atoms with Crippen molar-refractivity contribution in [1.29, 1.82) is 0 Å². The molecule has 0 saturated heterocycles. The first-order valence-electron chi connectivity index (χ1n) is 5.76. The minimum atomic E-state index is -3.40. The fourth-order valence-corrected chi connectivity index (χ4v) is 2.30. The SMILES string of the molecule is CCNS(=O)(=O)c1ccc(OCC(C)(C)N)cc1. The molecule has 1 aromatic carbocycles. The van der Waals surface area contributed by atoms with Crippen LogP contribution in [-0.2, 0) is 10.0 Å². The number of hydrogen-bond donors (Lipinski definition) is 2. The summed E-state index contributed by atoms with van der Waals surface area (Å²) in [6, 6.07) is 6.26. The molecule has 0 radical (unpaired) electrons. The largest absolute Gasteiger partial charge is 0.492 e. The van der Waals surface area contributed by atoms with Gasteiger partial charge in [-0.25, -0.2) is 13.1 Å². The van der Waals surface area contributed by atoms with Crippen molar-refractivity contribution >= 4 is 10.0 Å². The van der Waals surface area contributed by atoms with Gasteiger partial charge in [0.2, 0.25) is 10.0 Å². The summed E-state index contributed by atoms with van der Waals surface area (Å²) in [6.45, 7) is 6.18. The lowest BCUT2D eigenvalue weighted by Gasteiger charge is -2.19. The maximum atomic E-state index is 11.7. The Morgan fingerprint density at radius 2 is 1.83 bits per heavy atom. The van der Waals surface area contributed by atoms with Gasteiger partial charge in [0.1, 0.15) is 12.4 Å². The Balaban J connectivity index is 2.75. The predicted molar refractivity (Wildman–Crippen MR) is 71.1 cm³/mol. The third kappa shape index (κ3) is 4.64. The Morgan fingerprint density at radius 1 is 1.28 bits per heavy atom. The lowest BCUT2D eigenvalue weighted by atomic mass is 10.1. The van der Waals surface area contributed by atoms with Crippen molar-refractivity contribution in [1.82, 2.24) is 4.72 Å². The molecule has 0 heterocycles. The van der Waals surface area contributed by atoms with Crippen LogP contribution in [0.2, 0.25) is 0 Å². The predicted octanol–water partition coefficient (Wildman–Crippen LogP) is 1.10. The topological polar surface area (TPSA) is 81.4 Å². The van der Waals surface area contributed by atoms with Crippen molar-refractivity contribution in [3.8, 4) is 5.75 Å². The van der Waals surface area contributed by atoms with E-state index >= 15 is 0 Å². The summed E-state index contributed by atoms with van der Waals surface area (Å²) in [5, 5.41) is 0. The van der Waals surface area contributed by atoms with Crippen LogP contribution >= 0.6 is 0 Å². The molecule has 6 heteroatoms. The monoisotopic (exact) mass is 272 g/mol. The van der Waals surface area contributed by atoms with Gasteiger partial charge in [-0.3, -0.25) is 0 Å². The Labute approximate surface area is 108 Å². The van der Waals surface area contributed by atoms with E-state index in [2.05, 4.69) is 4.72 Å². The van der Waals surface area contributed by atoms with Crippen molar-refractivity contribution in [3.05, 3.63) is 24.3 Å². The summed E-state index contributed by atoms with van der Waals surface area (Å²) in [6.07, 6.45) is 0. The molecule has 0 aliphatic carbocycles. The third-order valence-electron chi connectivity index (χ3n) is 2.08. The van der Waals surface area contributed by atoms with E-state index in [4.69, 9.17) is 10.5 Å². The molecule has 0 amide bonds. The molecule has 102 valence electrons. The molecule has 0 bridgehead atoms. The number of hydrogen-bond acceptors (Lipinski definition) is 4. The van der Waals surface area contributed by atoms with Crippen molar-refractivity contribution in [3.63, 3.8) is 0 Å². The summed E-state index contributed by atoms with van der Waals surface area (Å²) < 4.78 is 31.3. The fraction of sp³-hybridized carbons (Fsp3) is 0.500. The molecule has 0 aromatic heterocycles. The lowest BCUT2D eigenvalue weighted by Crippen LogP contribution is -2.38. The van der Waals surface area contributed by atoms with Gasteiger partial charge in [0, 0.05) is 12.1 Å². The Hall–Kier alpha value is -1.11. The highest BCUT2D eigenvalue weighted by Crippen LogP contribution is 2.16. The van der Waals surface area contributed by atoms with Crippen LogP contribution in [-0.4, -0.2) is 27.1 Å². The van der Waals surface area contributed by atoms with Crippen molar-refractivity contribution in [2.24, 2.45) is 5.73 Å². The first kappa shape index (κ1) is 14.9. The number of ether oxygens (including phenoxy) is 1. The number of sulfonamides is 1. The molecule has 18 heavy (non-hydrogen) atoms. The number of benzene rings is 1. The Kier molecular flexibility index (Phi) is 4.72. The average Bonchev–Trinajstić information content (AvgIpc) is 2.26. The number of nitrogens with one attached hydrogen (secondary N) is 1. The first-order chi connectivity index (χ1) is 8.24. The van der Waals surface area contributed by atoms with Crippen molar-refractivity contribution in [2.75, 3.05) is 13.2 Å². The molecule has 0 aliphatic rings. The van der Waals surface area contributed by atoms with Crippen LogP contribution in [0.1, 0.15) is 20.8 Å². The van der Waals surface area contributed by atoms with Gasteiger partial charge in [0.25, 0.3) is 0 Å². The van der Waals surface area contributed by atoms with E-state index < -0.39 is 15.6 Å². The van der Waals surface area contributed by atoms with E-state index in [1.165, 1.54) is 12.1 Å². The molecule has 0 unspecified atom stereocenters. The van der Waals surface area contributed by atoms with E-state index in [0.717, 1.165) is 0 Å². The molecule has 0 spiro atoms. The van der Waals surface area contributed by atoms with Gasteiger partial charge >= 0.3 is 0 Å². The van der Waals surface area contributed by atoms with E-state index in [0.29, 0.717) is 18.9 Å². The zero-order chi connectivity index (χ0) is 13.8. The van der Waals surface area contributed by atoms with Gasteiger partial charge in [-0.1, -0.05) is 6.92 Å². The summed E-state index contributed by atoms with van der Waals surface area (Å²) in [5.41, 5.74) is 5.37. The normalized spacial score (nSPS) is 12.4. The van der Waals surface area contributed by atoms with Gasteiger partial charge in [-0.2, -0.15) is 0 Å².